The van der Waals surface area contributed by atoms with Crippen molar-refractivity contribution in [2.75, 3.05) is 24.1 Å². The Hall–Kier alpha value is 0.690. The van der Waals surface area contributed by atoms with E-state index in [2.05, 4.69) is 27.5 Å². The van der Waals surface area contributed by atoms with Crippen LogP contribution in [0.5, 0.6) is 0 Å². The molecule has 0 aromatic heterocycles. The second-order valence-corrected chi connectivity index (χ2v) is 4.02. The van der Waals surface area contributed by atoms with Gasteiger partial charge in [-0.25, -0.2) is 0 Å². The van der Waals surface area contributed by atoms with E-state index in [1.54, 1.807) is 0 Å². The van der Waals surface area contributed by atoms with Crippen LogP contribution in [0.3, 0.4) is 0 Å². The van der Waals surface area contributed by atoms with Crippen molar-refractivity contribution in [1.29, 1.82) is 0 Å². The van der Waals surface area contributed by atoms with Crippen molar-refractivity contribution in [2.45, 2.75) is 25.7 Å². The van der Waals surface area contributed by atoms with Gasteiger partial charge in [0.2, 0.25) is 0 Å². The van der Waals surface area contributed by atoms with E-state index in [0.29, 0.717) is 0 Å². The van der Waals surface area contributed by atoms with Crippen molar-refractivity contribution in [3.8, 4) is 0 Å². The van der Waals surface area contributed by atoms with Gasteiger partial charge in [-0.2, -0.15) is 0 Å². The molecule has 0 spiro atoms. The van der Waals surface area contributed by atoms with Crippen molar-refractivity contribution in [1.82, 2.24) is 4.90 Å². The van der Waals surface area contributed by atoms with E-state index in [0.717, 1.165) is 0 Å². The maximum absolute atomic E-state index is 2.60. The molecule has 0 aromatic rings. The molecule has 0 atom stereocenters. The molecule has 1 fully saturated rings. The van der Waals surface area contributed by atoms with Gasteiger partial charge in [0.1, 0.15) is 0 Å². The minimum Gasteiger partial charge on any atom is -0.303 e. The summed E-state index contributed by atoms with van der Waals surface area (Å²) in [6.07, 6.45) is 5.77. The molecular weight excluding hydrogens is 237 g/mol. The number of hydrogen-bond donors (Lipinski definition) is 0. The summed E-state index contributed by atoms with van der Waals surface area (Å²) in [5, 5.41) is 0. The van der Waals surface area contributed by atoms with Crippen LogP contribution in [0, 0.1) is 0 Å². The molecule has 0 saturated carbocycles. The summed E-state index contributed by atoms with van der Waals surface area (Å²) >= 11 is 2.46. The fourth-order valence-corrected chi connectivity index (χ4v) is 2.16. The van der Waals surface area contributed by atoms with Crippen molar-refractivity contribution in [3.63, 3.8) is 0 Å². The maximum atomic E-state index is 2.60. The molecule has 60 valence electrons. The molecule has 0 aliphatic carbocycles. The molecule has 1 nitrogen and oxygen atoms in total. The summed E-state index contributed by atoms with van der Waals surface area (Å²) in [6.45, 7) is 4.01. The highest BCUT2D eigenvalue weighted by molar-refractivity contribution is 14.1. The van der Waals surface area contributed by atoms with E-state index in [9.17, 15) is 0 Å². The van der Waals surface area contributed by atoms with E-state index in [-0.39, 0.29) is 0 Å². The normalized spacial score (nSPS) is 22.5. The van der Waals surface area contributed by atoms with Crippen LogP contribution in [0.1, 0.15) is 25.7 Å². The first kappa shape index (κ1) is 8.78. The van der Waals surface area contributed by atoms with Crippen LogP contribution in [0.2, 0.25) is 0 Å². The van der Waals surface area contributed by atoms with E-state index in [1.165, 1.54) is 49.7 Å². The Balaban J connectivity index is 2.15. The van der Waals surface area contributed by atoms with Crippen LogP contribution in [0.25, 0.3) is 0 Å². The lowest BCUT2D eigenvalue weighted by molar-refractivity contribution is 0.305. The average molecular weight is 253 g/mol. The Labute approximate surface area is 77.3 Å². The summed E-state index contributed by atoms with van der Waals surface area (Å²) in [5.41, 5.74) is 0. The molecule has 0 amide bonds. The second kappa shape index (κ2) is 5.35. The van der Waals surface area contributed by atoms with Gasteiger partial charge < -0.3 is 4.90 Å². The smallest absolute Gasteiger partial charge is 0.0123 e. The Kier molecular flexibility index (Phi) is 4.70. The van der Waals surface area contributed by atoms with Crippen LogP contribution >= 0.6 is 22.6 Å². The average Bonchev–Trinajstić information content (AvgIpc) is 2.17. The molecule has 1 saturated heterocycles. The summed E-state index contributed by atoms with van der Waals surface area (Å²) in [7, 11) is 0. The third-order valence-electron chi connectivity index (χ3n) is 2.10. The fraction of sp³-hybridized carbons (Fsp3) is 1.00. The van der Waals surface area contributed by atoms with E-state index >= 15 is 0 Å². The zero-order valence-electron chi connectivity index (χ0n) is 6.48. The molecule has 10 heavy (non-hydrogen) atoms. The van der Waals surface area contributed by atoms with E-state index in [1.807, 2.05) is 0 Å². The zero-order chi connectivity index (χ0) is 7.23. The molecule has 1 aliphatic heterocycles. The second-order valence-electron chi connectivity index (χ2n) is 2.94. The topological polar surface area (TPSA) is 3.24 Å². The predicted molar refractivity (Wildman–Crippen MR) is 53.8 cm³/mol. The number of alkyl halides is 1. The Morgan fingerprint density at radius 1 is 1.00 bits per heavy atom. The minimum absolute atomic E-state index is 1.29. The molecule has 1 heterocycles. The number of halogens is 1. The molecule has 1 aliphatic rings. The Morgan fingerprint density at radius 3 is 2.10 bits per heavy atom. The van der Waals surface area contributed by atoms with Crippen LogP contribution in [0.15, 0.2) is 0 Å². The third kappa shape index (κ3) is 3.19. The van der Waals surface area contributed by atoms with Crippen molar-refractivity contribution >= 4 is 22.6 Å². The monoisotopic (exact) mass is 253 g/mol. The minimum atomic E-state index is 1.29. The van der Waals surface area contributed by atoms with Gasteiger partial charge in [-0.3, -0.25) is 0 Å². The zero-order valence-corrected chi connectivity index (χ0v) is 8.64. The first-order chi connectivity index (χ1) is 4.93. The van der Waals surface area contributed by atoms with Gasteiger partial charge in [-0.1, -0.05) is 35.4 Å². The van der Waals surface area contributed by atoms with Crippen LogP contribution < -0.4 is 0 Å². The van der Waals surface area contributed by atoms with Crippen LogP contribution in [-0.4, -0.2) is 29.0 Å². The van der Waals surface area contributed by atoms with Crippen LogP contribution in [0.4, 0.5) is 0 Å². The highest BCUT2D eigenvalue weighted by Gasteiger charge is 2.06. The molecule has 0 radical (unpaired) electrons. The van der Waals surface area contributed by atoms with Crippen molar-refractivity contribution in [3.05, 3.63) is 0 Å². The van der Waals surface area contributed by atoms with Gasteiger partial charge in [-0.15, -0.1) is 0 Å². The number of nitrogens with zero attached hydrogens (tertiary/aromatic N) is 1. The van der Waals surface area contributed by atoms with Gasteiger partial charge in [0, 0.05) is 11.0 Å². The number of rotatable bonds is 2. The Morgan fingerprint density at radius 2 is 1.60 bits per heavy atom. The lowest BCUT2D eigenvalue weighted by Crippen LogP contribution is -2.26. The lowest BCUT2D eigenvalue weighted by atomic mass is 10.2. The van der Waals surface area contributed by atoms with Gasteiger partial charge in [0.15, 0.2) is 0 Å². The van der Waals surface area contributed by atoms with Gasteiger partial charge >= 0.3 is 0 Å². The van der Waals surface area contributed by atoms with E-state index in [4.69, 9.17) is 0 Å². The van der Waals surface area contributed by atoms with Crippen molar-refractivity contribution < 1.29 is 0 Å². The molecule has 0 N–H and O–H groups in total. The molecule has 2 heteroatoms. The van der Waals surface area contributed by atoms with E-state index < -0.39 is 0 Å². The SMILES string of the molecule is ICCN1CCCCCC1. The standard InChI is InChI=1S/C8H16IN/c9-5-8-10-6-3-1-2-4-7-10/h1-8H2. The number of likely N-dealkylation sites (tertiary alicyclic amines) is 1. The molecule has 0 bridgehead atoms. The van der Waals surface area contributed by atoms with Crippen LogP contribution in [-0.2, 0) is 0 Å². The third-order valence-corrected chi connectivity index (χ3v) is 2.58. The molecule has 0 aromatic carbocycles. The summed E-state index contributed by atoms with van der Waals surface area (Å²) in [6, 6.07) is 0. The first-order valence-corrected chi connectivity index (χ1v) is 5.74. The quantitative estimate of drug-likeness (QED) is 0.539. The van der Waals surface area contributed by atoms with Gasteiger partial charge in [0.25, 0.3) is 0 Å². The summed E-state index contributed by atoms with van der Waals surface area (Å²) in [4.78, 5) is 2.60. The van der Waals surface area contributed by atoms with Crippen molar-refractivity contribution in [2.24, 2.45) is 0 Å². The molecule has 1 rings (SSSR count). The molecule has 0 unspecified atom stereocenters. The van der Waals surface area contributed by atoms with Gasteiger partial charge in [0.05, 0.1) is 0 Å². The number of hydrogen-bond acceptors (Lipinski definition) is 1. The lowest BCUT2D eigenvalue weighted by Gasteiger charge is -2.17. The maximum Gasteiger partial charge on any atom is 0.0123 e. The predicted octanol–water partition coefficient (Wildman–Crippen LogP) is 2.30. The van der Waals surface area contributed by atoms with Gasteiger partial charge in [-0.05, 0) is 25.9 Å². The summed E-state index contributed by atoms with van der Waals surface area (Å²) < 4.78 is 1.29. The summed E-state index contributed by atoms with van der Waals surface area (Å²) in [5.74, 6) is 0. The Bertz CT molecular complexity index is 77.3. The fourth-order valence-electron chi connectivity index (χ4n) is 1.48. The highest BCUT2D eigenvalue weighted by atomic mass is 127. The highest BCUT2D eigenvalue weighted by Crippen LogP contribution is 2.09. The first-order valence-electron chi connectivity index (χ1n) is 4.22. The largest absolute Gasteiger partial charge is 0.303 e. The molecular formula is C8H16IN.